The van der Waals surface area contributed by atoms with Crippen LogP contribution >= 0.6 is 0 Å². The van der Waals surface area contributed by atoms with Crippen LogP contribution in [0.2, 0.25) is 0 Å². The summed E-state index contributed by atoms with van der Waals surface area (Å²) in [7, 11) is 0. The molecule has 1 atom stereocenters. The lowest BCUT2D eigenvalue weighted by atomic mass is 9.95. The van der Waals surface area contributed by atoms with Gasteiger partial charge in [0, 0.05) is 37.3 Å². The lowest BCUT2D eigenvalue weighted by Crippen LogP contribution is -2.52. The van der Waals surface area contributed by atoms with E-state index in [4.69, 9.17) is 0 Å². The van der Waals surface area contributed by atoms with E-state index in [2.05, 4.69) is 20.5 Å². The highest BCUT2D eigenvalue weighted by molar-refractivity contribution is 5.89. The molecule has 25 heavy (non-hydrogen) atoms. The van der Waals surface area contributed by atoms with E-state index < -0.39 is 11.5 Å². The van der Waals surface area contributed by atoms with Crippen LogP contribution in [0, 0.1) is 5.41 Å². The second-order valence-corrected chi connectivity index (χ2v) is 7.83. The van der Waals surface area contributed by atoms with E-state index in [1.54, 1.807) is 6.92 Å². The summed E-state index contributed by atoms with van der Waals surface area (Å²) >= 11 is 0. The molecule has 1 fully saturated rings. The number of nitrogens with one attached hydrogen (secondary N) is 2. The second kappa shape index (κ2) is 8.43. The Morgan fingerprint density at radius 1 is 1.28 bits per heavy atom. The smallest absolute Gasteiger partial charge is 0.242 e. The lowest BCUT2D eigenvalue weighted by molar-refractivity contribution is -0.133. The number of hydrogen-bond donors (Lipinski definition) is 2. The quantitative estimate of drug-likeness (QED) is 0.851. The highest BCUT2D eigenvalue weighted by Gasteiger charge is 2.27. The van der Waals surface area contributed by atoms with E-state index in [1.807, 2.05) is 45.2 Å². The Labute approximate surface area is 150 Å². The predicted molar refractivity (Wildman–Crippen MR) is 97.7 cm³/mol. The highest BCUT2D eigenvalue weighted by Crippen LogP contribution is 2.14. The maximum atomic E-state index is 12.3. The normalized spacial score (nSPS) is 17.8. The summed E-state index contributed by atoms with van der Waals surface area (Å²) < 4.78 is 0. The topological polar surface area (TPSA) is 74.3 Å². The van der Waals surface area contributed by atoms with Crippen LogP contribution in [0.5, 0.6) is 0 Å². The SMILES string of the molecule is CC(NC(=O)C(C)(C)C)C(=O)NC1CCN(Cc2ccccn2)CC1. The number of carbonyl (C=O) groups is 2. The summed E-state index contributed by atoms with van der Waals surface area (Å²) in [5, 5.41) is 5.84. The number of hydrogen-bond acceptors (Lipinski definition) is 4. The first-order chi connectivity index (χ1) is 11.8. The molecule has 0 aromatic carbocycles. The molecule has 1 aliphatic heterocycles. The zero-order valence-electron chi connectivity index (χ0n) is 15.7. The first kappa shape index (κ1) is 19.4. The number of carbonyl (C=O) groups excluding carboxylic acids is 2. The van der Waals surface area contributed by atoms with Crippen molar-refractivity contribution in [3.05, 3.63) is 30.1 Å². The van der Waals surface area contributed by atoms with Gasteiger partial charge in [-0.25, -0.2) is 0 Å². The maximum Gasteiger partial charge on any atom is 0.242 e. The first-order valence-corrected chi connectivity index (χ1v) is 8.99. The summed E-state index contributed by atoms with van der Waals surface area (Å²) in [4.78, 5) is 31.0. The Morgan fingerprint density at radius 3 is 2.52 bits per heavy atom. The van der Waals surface area contributed by atoms with Gasteiger partial charge in [-0.2, -0.15) is 0 Å². The molecule has 0 spiro atoms. The molecule has 6 nitrogen and oxygen atoms in total. The van der Waals surface area contributed by atoms with E-state index in [0.29, 0.717) is 0 Å². The van der Waals surface area contributed by atoms with Crippen molar-refractivity contribution in [2.75, 3.05) is 13.1 Å². The minimum atomic E-state index is -0.515. The van der Waals surface area contributed by atoms with E-state index in [1.165, 1.54) is 0 Å². The van der Waals surface area contributed by atoms with Crippen molar-refractivity contribution in [2.45, 2.75) is 59.2 Å². The third kappa shape index (κ3) is 6.12. The Bertz CT molecular complexity index is 575. The van der Waals surface area contributed by atoms with Gasteiger partial charge in [-0.05, 0) is 31.9 Å². The fraction of sp³-hybridized carbons (Fsp3) is 0.632. The fourth-order valence-electron chi connectivity index (χ4n) is 2.76. The number of likely N-dealkylation sites (tertiary alicyclic amines) is 1. The summed E-state index contributed by atoms with van der Waals surface area (Å²) in [6, 6.07) is 5.61. The van der Waals surface area contributed by atoms with Gasteiger partial charge in [0.25, 0.3) is 0 Å². The van der Waals surface area contributed by atoms with Crippen LogP contribution in [0.3, 0.4) is 0 Å². The molecule has 0 radical (unpaired) electrons. The van der Waals surface area contributed by atoms with Gasteiger partial charge in [0.2, 0.25) is 11.8 Å². The van der Waals surface area contributed by atoms with Gasteiger partial charge < -0.3 is 10.6 Å². The van der Waals surface area contributed by atoms with Crippen LogP contribution in [-0.4, -0.2) is 46.9 Å². The average molecular weight is 346 g/mol. The fourth-order valence-corrected chi connectivity index (χ4v) is 2.76. The molecule has 1 aliphatic rings. The molecule has 1 aromatic heterocycles. The minimum absolute atomic E-state index is 0.110. The number of amides is 2. The van der Waals surface area contributed by atoms with Gasteiger partial charge >= 0.3 is 0 Å². The Kier molecular flexibility index (Phi) is 6.53. The van der Waals surface area contributed by atoms with Gasteiger partial charge in [-0.15, -0.1) is 0 Å². The Morgan fingerprint density at radius 2 is 1.96 bits per heavy atom. The maximum absolute atomic E-state index is 12.3. The van der Waals surface area contributed by atoms with Crippen LogP contribution < -0.4 is 10.6 Å². The van der Waals surface area contributed by atoms with Gasteiger partial charge in [-0.1, -0.05) is 26.8 Å². The van der Waals surface area contributed by atoms with Crippen LogP contribution in [0.15, 0.2) is 24.4 Å². The lowest BCUT2D eigenvalue weighted by Gasteiger charge is -2.32. The average Bonchev–Trinajstić information content (AvgIpc) is 2.56. The standard InChI is InChI=1S/C19H30N4O2/c1-14(21-18(25)19(2,3)4)17(24)22-15-8-11-23(12-9-15)13-16-7-5-6-10-20-16/h5-7,10,14-15H,8-9,11-13H2,1-4H3,(H,21,25)(H,22,24). The zero-order chi connectivity index (χ0) is 18.4. The molecule has 0 bridgehead atoms. The summed E-state index contributed by atoms with van der Waals surface area (Å²) in [5.74, 6) is -0.221. The van der Waals surface area contributed by atoms with Crippen molar-refractivity contribution >= 4 is 11.8 Å². The Hall–Kier alpha value is -1.95. The van der Waals surface area contributed by atoms with Gasteiger partial charge in [-0.3, -0.25) is 19.5 Å². The minimum Gasteiger partial charge on any atom is -0.351 e. The molecule has 0 saturated carbocycles. The molecule has 1 saturated heterocycles. The summed E-state index contributed by atoms with van der Waals surface area (Å²) in [6.07, 6.45) is 3.65. The summed E-state index contributed by atoms with van der Waals surface area (Å²) in [5.41, 5.74) is 0.578. The largest absolute Gasteiger partial charge is 0.351 e. The van der Waals surface area contributed by atoms with Crippen LogP contribution in [0.4, 0.5) is 0 Å². The van der Waals surface area contributed by atoms with Crippen molar-refractivity contribution in [2.24, 2.45) is 5.41 Å². The number of rotatable bonds is 5. The molecular formula is C19H30N4O2. The molecule has 1 aromatic rings. The molecule has 0 aliphatic carbocycles. The third-order valence-corrected chi connectivity index (χ3v) is 4.47. The van der Waals surface area contributed by atoms with Crippen LogP contribution in [0.1, 0.15) is 46.2 Å². The van der Waals surface area contributed by atoms with Crippen LogP contribution in [0.25, 0.3) is 0 Å². The molecule has 1 unspecified atom stereocenters. The third-order valence-electron chi connectivity index (χ3n) is 4.47. The predicted octanol–water partition coefficient (Wildman–Crippen LogP) is 1.71. The van der Waals surface area contributed by atoms with Gasteiger partial charge in [0.15, 0.2) is 0 Å². The number of pyridine rings is 1. The van der Waals surface area contributed by atoms with Gasteiger partial charge in [0.1, 0.15) is 6.04 Å². The van der Waals surface area contributed by atoms with E-state index >= 15 is 0 Å². The molecule has 138 valence electrons. The van der Waals surface area contributed by atoms with Crippen molar-refractivity contribution in [1.29, 1.82) is 0 Å². The van der Waals surface area contributed by atoms with Crippen molar-refractivity contribution < 1.29 is 9.59 Å². The molecule has 6 heteroatoms. The van der Waals surface area contributed by atoms with Crippen molar-refractivity contribution in [1.82, 2.24) is 20.5 Å². The number of piperidine rings is 1. The Balaban J connectivity index is 1.74. The second-order valence-electron chi connectivity index (χ2n) is 7.83. The molecular weight excluding hydrogens is 316 g/mol. The highest BCUT2D eigenvalue weighted by atomic mass is 16.2. The van der Waals surface area contributed by atoms with Crippen molar-refractivity contribution in [3.63, 3.8) is 0 Å². The first-order valence-electron chi connectivity index (χ1n) is 8.99. The van der Waals surface area contributed by atoms with E-state index in [-0.39, 0.29) is 17.9 Å². The van der Waals surface area contributed by atoms with E-state index in [9.17, 15) is 9.59 Å². The zero-order valence-corrected chi connectivity index (χ0v) is 15.7. The number of nitrogens with zero attached hydrogens (tertiary/aromatic N) is 2. The van der Waals surface area contributed by atoms with Crippen molar-refractivity contribution in [3.8, 4) is 0 Å². The molecule has 2 amide bonds. The molecule has 2 heterocycles. The van der Waals surface area contributed by atoms with Crippen LogP contribution in [-0.2, 0) is 16.1 Å². The molecule has 2 N–H and O–H groups in total. The summed E-state index contributed by atoms with van der Waals surface area (Å²) in [6.45, 7) is 9.96. The monoisotopic (exact) mass is 346 g/mol. The van der Waals surface area contributed by atoms with Gasteiger partial charge in [0.05, 0.1) is 5.69 Å². The number of aromatic nitrogens is 1. The molecule has 2 rings (SSSR count). The van der Waals surface area contributed by atoms with E-state index in [0.717, 1.165) is 38.2 Å².